The number of aromatic nitrogens is 4. The predicted molar refractivity (Wildman–Crippen MR) is 120 cm³/mol. The summed E-state index contributed by atoms with van der Waals surface area (Å²) < 4.78 is 16.0. The number of fused-ring (bicyclic) bond motifs is 1. The van der Waals surface area contributed by atoms with Gasteiger partial charge in [-0.2, -0.15) is 10.1 Å². The van der Waals surface area contributed by atoms with Crippen molar-refractivity contribution >= 4 is 25.5 Å². The maximum Gasteiger partial charge on any atom is 0.269 e. The molecule has 32 heavy (non-hydrogen) atoms. The van der Waals surface area contributed by atoms with E-state index >= 15 is 0 Å². The number of nitrogens with one attached hydrogen (secondary N) is 2. The van der Waals surface area contributed by atoms with Crippen molar-refractivity contribution in [3.63, 3.8) is 0 Å². The molecule has 5 rings (SSSR count). The maximum atomic E-state index is 14.9. The Kier molecular flexibility index (Phi) is 4.73. The van der Waals surface area contributed by atoms with Crippen LogP contribution < -0.4 is 10.6 Å². The van der Waals surface area contributed by atoms with E-state index < -0.39 is 5.82 Å². The Labute approximate surface area is 185 Å². The van der Waals surface area contributed by atoms with Crippen LogP contribution in [0.1, 0.15) is 34.6 Å². The fraction of sp³-hybridized carbons (Fsp3) is 0.130. The summed E-state index contributed by atoms with van der Waals surface area (Å²) >= 11 is 0. The van der Waals surface area contributed by atoms with Crippen LogP contribution in [-0.4, -0.2) is 33.5 Å². The molecule has 1 amide bonds. The second kappa shape index (κ2) is 7.60. The van der Waals surface area contributed by atoms with Crippen molar-refractivity contribution in [1.29, 1.82) is 0 Å². The molecule has 4 aromatic rings. The van der Waals surface area contributed by atoms with Crippen LogP contribution in [0, 0.1) is 12.7 Å². The number of anilines is 2. The summed E-state index contributed by atoms with van der Waals surface area (Å²) in [5.41, 5.74) is 4.88. The van der Waals surface area contributed by atoms with Gasteiger partial charge in [0, 0.05) is 28.7 Å². The van der Waals surface area contributed by atoms with Crippen LogP contribution in [-0.2, 0) is 0 Å². The molecule has 0 aliphatic carbocycles. The molecule has 0 spiro atoms. The highest BCUT2D eigenvalue weighted by atomic mass is 19.1. The molecule has 7 nitrogen and oxygen atoms in total. The molecule has 1 atom stereocenters. The number of nitrogens with zero attached hydrogens (tertiary/aromatic N) is 4. The molecule has 0 saturated heterocycles. The Balaban J connectivity index is 1.42. The van der Waals surface area contributed by atoms with E-state index in [1.54, 1.807) is 30.5 Å². The summed E-state index contributed by atoms with van der Waals surface area (Å²) in [6, 6.07) is 13.9. The zero-order valence-electron chi connectivity index (χ0n) is 17.4. The Hall–Kier alpha value is -4.01. The molecule has 2 radical (unpaired) electrons. The van der Waals surface area contributed by atoms with Gasteiger partial charge in [0.1, 0.15) is 5.82 Å². The van der Waals surface area contributed by atoms with Gasteiger partial charge in [0.05, 0.1) is 11.6 Å². The largest absolute Gasteiger partial charge is 0.345 e. The third kappa shape index (κ3) is 3.51. The topological polar surface area (TPSA) is 84.7 Å². The summed E-state index contributed by atoms with van der Waals surface area (Å²) in [6.45, 7) is 3.81. The zero-order chi connectivity index (χ0) is 22.4. The molecule has 2 aromatic heterocycles. The molecular weight excluding hydrogens is 406 g/mol. The van der Waals surface area contributed by atoms with Gasteiger partial charge in [-0.15, -0.1) is 0 Å². The van der Waals surface area contributed by atoms with E-state index in [0.717, 1.165) is 21.4 Å². The molecule has 0 bridgehead atoms. The van der Waals surface area contributed by atoms with Gasteiger partial charge in [0.15, 0.2) is 5.82 Å². The second-order valence-corrected chi connectivity index (χ2v) is 7.71. The first-order valence-corrected chi connectivity index (χ1v) is 10.1. The smallest absolute Gasteiger partial charge is 0.269 e. The van der Waals surface area contributed by atoms with Crippen molar-refractivity contribution in [1.82, 2.24) is 25.0 Å². The third-order valence-corrected chi connectivity index (χ3v) is 5.45. The summed E-state index contributed by atoms with van der Waals surface area (Å²) in [5, 5.41) is 10.1. The number of rotatable bonds is 4. The minimum atomic E-state index is -0.462. The lowest BCUT2D eigenvalue weighted by atomic mass is 10.0. The SMILES string of the molecule is [B]n1nc(-c2ccc(-c3ccc(C)nc3)cc2F)nc1Nc1ccc2c(c1)C(C)NC2=O. The van der Waals surface area contributed by atoms with Crippen LogP contribution in [0.3, 0.4) is 0 Å². The molecule has 156 valence electrons. The molecule has 0 fully saturated rings. The highest BCUT2D eigenvalue weighted by molar-refractivity contribution is 6.07. The average Bonchev–Trinajstić information content (AvgIpc) is 3.27. The van der Waals surface area contributed by atoms with E-state index in [1.807, 2.05) is 32.0 Å². The Morgan fingerprint density at radius 2 is 1.88 bits per heavy atom. The van der Waals surface area contributed by atoms with Gasteiger partial charge in [-0.1, -0.05) is 12.1 Å². The lowest BCUT2D eigenvalue weighted by Crippen LogP contribution is -2.16. The van der Waals surface area contributed by atoms with E-state index in [4.69, 9.17) is 7.98 Å². The van der Waals surface area contributed by atoms with Crippen molar-refractivity contribution in [3.8, 4) is 22.5 Å². The van der Waals surface area contributed by atoms with Crippen molar-refractivity contribution < 1.29 is 9.18 Å². The van der Waals surface area contributed by atoms with E-state index in [9.17, 15) is 9.18 Å². The van der Waals surface area contributed by atoms with E-state index in [2.05, 4.69) is 25.7 Å². The molecule has 2 aromatic carbocycles. The molecule has 0 saturated carbocycles. The first-order chi connectivity index (χ1) is 15.4. The lowest BCUT2D eigenvalue weighted by Gasteiger charge is -2.08. The Morgan fingerprint density at radius 3 is 2.62 bits per heavy atom. The van der Waals surface area contributed by atoms with Crippen LogP contribution in [0.4, 0.5) is 16.0 Å². The molecule has 3 heterocycles. The number of carbonyl (C=O) groups excluding carboxylic acids is 1. The molecule has 1 aliphatic heterocycles. The maximum absolute atomic E-state index is 14.9. The van der Waals surface area contributed by atoms with Crippen LogP contribution in [0.25, 0.3) is 22.5 Å². The van der Waals surface area contributed by atoms with Gasteiger partial charge in [-0.05, 0) is 61.4 Å². The molecule has 1 aliphatic rings. The quantitative estimate of drug-likeness (QED) is 0.485. The number of benzene rings is 2. The monoisotopic (exact) mass is 424 g/mol. The number of amides is 1. The van der Waals surface area contributed by atoms with Crippen molar-refractivity contribution in [2.75, 3.05) is 5.32 Å². The number of carbonyl (C=O) groups is 1. The van der Waals surface area contributed by atoms with Gasteiger partial charge in [-0.25, -0.2) is 4.39 Å². The minimum absolute atomic E-state index is 0.0816. The summed E-state index contributed by atoms with van der Waals surface area (Å²) in [4.78, 5) is 20.5. The predicted octanol–water partition coefficient (Wildman–Crippen LogP) is 3.93. The summed E-state index contributed by atoms with van der Waals surface area (Å²) in [7, 11) is 5.96. The van der Waals surface area contributed by atoms with Crippen molar-refractivity contribution in [2.45, 2.75) is 19.9 Å². The van der Waals surface area contributed by atoms with E-state index in [1.165, 1.54) is 6.07 Å². The van der Waals surface area contributed by atoms with E-state index in [-0.39, 0.29) is 29.3 Å². The molecule has 1 unspecified atom stereocenters. The highest BCUT2D eigenvalue weighted by Crippen LogP contribution is 2.30. The van der Waals surface area contributed by atoms with Gasteiger partial charge in [0.2, 0.25) is 5.95 Å². The van der Waals surface area contributed by atoms with Crippen molar-refractivity contribution in [2.24, 2.45) is 0 Å². The van der Waals surface area contributed by atoms with Crippen LogP contribution in [0.5, 0.6) is 0 Å². The van der Waals surface area contributed by atoms with Crippen LogP contribution in [0.15, 0.2) is 54.7 Å². The van der Waals surface area contributed by atoms with Gasteiger partial charge < -0.3 is 10.6 Å². The number of pyridine rings is 1. The highest BCUT2D eigenvalue weighted by Gasteiger charge is 2.25. The first-order valence-electron chi connectivity index (χ1n) is 10.1. The zero-order valence-corrected chi connectivity index (χ0v) is 17.4. The third-order valence-electron chi connectivity index (χ3n) is 5.45. The first kappa shape index (κ1) is 19.9. The normalized spacial score (nSPS) is 14.8. The molecule has 2 N–H and O–H groups in total. The number of halogens is 1. The Bertz CT molecular complexity index is 1350. The Morgan fingerprint density at radius 1 is 1.09 bits per heavy atom. The second-order valence-electron chi connectivity index (χ2n) is 7.71. The fourth-order valence-electron chi connectivity index (χ4n) is 3.72. The van der Waals surface area contributed by atoms with Crippen LogP contribution >= 0.6 is 0 Å². The van der Waals surface area contributed by atoms with Crippen LogP contribution in [0.2, 0.25) is 0 Å². The lowest BCUT2D eigenvalue weighted by molar-refractivity contribution is 0.0958. The number of hydrogen-bond acceptors (Lipinski definition) is 5. The molecule has 9 heteroatoms. The van der Waals surface area contributed by atoms with E-state index in [0.29, 0.717) is 16.8 Å². The summed E-state index contributed by atoms with van der Waals surface area (Å²) in [6.07, 6.45) is 1.71. The number of hydrogen-bond donors (Lipinski definition) is 2. The van der Waals surface area contributed by atoms with Gasteiger partial charge in [-0.3, -0.25) is 14.4 Å². The van der Waals surface area contributed by atoms with Crippen molar-refractivity contribution in [3.05, 3.63) is 77.4 Å². The van der Waals surface area contributed by atoms with Gasteiger partial charge in [0.25, 0.3) is 13.9 Å². The summed E-state index contributed by atoms with van der Waals surface area (Å²) in [5.74, 6) is -0.150. The average molecular weight is 424 g/mol. The fourth-order valence-corrected chi connectivity index (χ4v) is 3.72. The molecular formula is C23H18BFN6O. The van der Waals surface area contributed by atoms with Gasteiger partial charge >= 0.3 is 0 Å². The minimum Gasteiger partial charge on any atom is -0.345 e. The number of aryl methyl sites for hydroxylation is 1. The standard InChI is InChI=1S/C23H18BFN6O/c1-12-3-4-15(11-26-12)14-5-7-18(20(25)9-14)21-29-23(31(24)30-21)28-16-6-8-17-19(10-16)13(2)27-22(17)32/h3-11,13H,1-2H3,(H,27,32)(H,28,29,30).